The molecule has 61 heavy (non-hydrogen) atoms. The predicted octanol–water partition coefficient (Wildman–Crippen LogP) is 19.5. The maximum absolute atomic E-state index is 6.73. The Bertz CT molecular complexity index is 862. The molecule has 0 aliphatic carbocycles. The van der Waals surface area contributed by atoms with Crippen LogP contribution in [0.2, 0.25) is 0 Å². The van der Waals surface area contributed by atoms with Crippen molar-refractivity contribution in [2.45, 2.75) is 264 Å². The smallest absolute Gasteiger partial charge is 0.160 e. The van der Waals surface area contributed by atoms with Crippen LogP contribution in [0.3, 0.4) is 0 Å². The van der Waals surface area contributed by atoms with Crippen molar-refractivity contribution in [1.29, 1.82) is 0 Å². The van der Waals surface area contributed by atoms with Gasteiger partial charge < -0.3 is 14.2 Å². The lowest BCUT2D eigenvalue weighted by atomic mass is 9.81. The summed E-state index contributed by atoms with van der Waals surface area (Å²) < 4.78 is 19.6. The molecule has 0 aliphatic rings. The van der Waals surface area contributed by atoms with Gasteiger partial charge in [0.25, 0.3) is 0 Å². The molecular weight excluding hydrogens is 880 g/mol. The maximum atomic E-state index is 6.73. The summed E-state index contributed by atoms with van der Waals surface area (Å²) in [5.41, 5.74) is 0. The summed E-state index contributed by atoms with van der Waals surface area (Å²) >= 11 is 7.21. The van der Waals surface area contributed by atoms with E-state index < -0.39 is 0 Å². The van der Waals surface area contributed by atoms with Crippen molar-refractivity contribution in [2.75, 3.05) is 23.9 Å². The highest BCUT2D eigenvalue weighted by molar-refractivity contribution is 9.09. The Kier molecular flexibility index (Phi) is 40.5. The van der Waals surface area contributed by atoms with Gasteiger partial charge in [-0.1, -0.05) is 154 Å². The largest absolute Gasteiger partial charge is 0.353 e. The van der Waals surface area contributed by atoms with Crippen LogP contribution in [-0.2, 0) is 14.2 Å². The lowest BCUT2D eigenvalue weighted by Crippen LogP contribution is -2.28. The molecule has 0 spiro atoms. The van der Waals surface area contributed by atoms with Gasteiger partial charge in [-0.15, -0.1) is 0 Å². The van der Waals surface area contributed by atoms with E-state index in [1.807, 2.05) is 0 Å². The number of hydrogen-bond acceptors (Lipinski definition) is 3. The van der Waals surface area contributed by atoms with E-state index in [1.165, 1.54) is 103 Å². The lowest BCUT2D eigenvalue weighted by Gasteiger charge is -2.27. The number of alkyl halides is 2. The fourth-order valence-corrected chi connectivity index (χ4v) is 12.1. The van der Waals surface area contributed by atoms with Crippen molar-refractivity contribution in [3.8, 4) is 0 Å². The van der Waals surface area contributed by atoms with Crippen LogP contribution in [0.15, 0.2) is 0 Å². The van der Waals surface area contributed by atoms with Gasteiger partial charge in [0.15, 0.2) is 12.6 Å². The molecule has 0 amide bonds. The Hall–Kier alpha value is 0.840. The monoisotopic (exact) mass is 991 g/mol. The zero-order chi connectivity index (χ0) is 46.0. The van der Waals surface area contributed by atoms with Gasteiger partial charge in [0, 0.05) is 23.9 Å². The highest BCUT2D eigenvalue weighted by Crippen LogP contribution is 2.32. The molecule has 368 valence electrons. The maximum Gasteiger partial charge on any atom is 0.160 e. The summed E-state index contributed by atoms with van der Waals surface area (Å²) in [5, 5.41) is 2.29. The fourth-order valence-electron chi connectivity index (χ4n) is 11.5. The van der Waals surface area contributed by atoms with E-state index in [0.29, 0.717) is 0 Å². The first-order chi connectivity index (χ1) is 29.0. The van der Waals surface area contributed by atoms with E-state index in [1.54, 1.807) is 0 Å². The normalized spacial score (nSPS) is 19.3. The van der Waals surface area contributed by atoms with Gasteiger partial charge in [-0.05, 0) is 199 Å². The average molecular weight is 993 g/mol. The SMILES string of the molecule is CCCCOC(CCCC(C)CC(C)CC(C)CC(C)CC(C)CC(C)CCCBr)OC(CCCC(C)CC(C)CC(C)CC(C)CC(C)CC(C)CCCBr)OCCCC. The minimum absolute atomic E-state index is 0.161. The van der Waals surface area contributed by atoms with Crippen LogP contribution in [0, 0.1) is 71.0 Å². The second kappa shape index (κ2) is 40.0. The molecule has 0 radical (unpaired) electrons. The minimum atomic E-state index is -0.161. The first-order valence-corrected chi connectivity index (χ1v) is 29.3. The Morgan fingerprint density at radius 1 is 0.295 bits per heavy atom. The molecule has 0 rings (SSSR count). The van der Waals surface area contributed by atoms with Crippen molar-refractivity contribution in [3.05, 3.63) is 0 Å². The minimum Gasteiger partial charge on any atom is -0.353 e. The molecule has 0 heterocycles. The molecule has 0 fully saturated rings. The van der Waals surface area contributed by atoms with Crippen LogP contribution >= 0.6 is 31.9 Å². The van der Waals surface area contributed by atoms with E-state index in [-0.39, 0.29) is 12.6 Å². The number of hydrogen-bond donors (Lipinski definition) is 0. The highest BCUT2D eigenvalue weighted by atomic mass is 79.9. The van der Waals surface area contributed by atoms with Crippen molar-refractivity contribution in [2.24, 2.45) is 71.0 Å². The molecule has 0 aromatic heterocycles. The zero-order valence-corrected chi connectivity index (χ0v) is 47.0. The number of unbranched alkanes of at least 4 members (excludes halogenated alkanes) is 2. The van der Waals surface area contributed by atoms with E-state index in [4.69, 9.17) is 14.2 Å². The van der Waals surface area contributed by atoms with Gasteiger partial charge in [-0.2, -0.15) is 0 Å². The average Bonchev–Trinajstić information content (AvgIpc) is 3.15. The van der Waals surface area contributed by atoms with Crippen molar-refractivity contribution >= 4 is 31.9 Å². The lowest BCUT2D eigenvalue weighted by molar-refractivity contribution is -0.250. The van der Waals surface area contributed by atoms with Crippen LogP contribution in [0.4, 0.5) is 0 Å². The molecule has 0 aromatic carbocycles. The van der Waals surface area contributed by atoms with Gasteiger partial charge in [0.2, 0.25) is 0 Å². The van der Waals surface area contributed by atoms with Crippen LogP contribution in [0.1, 0.15) is 251 Å². The summed E-state index contributed by atoms with van der Waals surface area (Å²) in [5.74, 6) is 9.71. The Labute approximate surface area is 402 Å². The number of rotatable bonds is 44. The van der Waals surface area contributed by atoms with E-state index in [2.05, 4.69) is 129 Å². The molecule has 5 heteroatoms. The second-order valence-electron chi connectivity index (χ2n) is 22.6. The molecule has 0 aliphatic heterocycles. The van der Waals surface area contributed by atoms with Gasteiger partial charge in [-0.25, -0.2) is 0 Å². The molecule has 0 N–H and O–H groups in total. The molecule has 0 bridgehead atoms. The van der Waals surface area contributed by atoms with Crippen LogP contribution in [0.25, 0.3) is 0 Å². The first kappa shape index (κ1) is 61.8. The standard InChI is InChI=1S/C56H112Br2O3/c1-15-17-31-59-55(27-19-23-43(3)33-47(7)37-51(11)41-53(13)39-49(9)35-45(5)25-21-29-57)61-56(60-32-18-16-2)28-20-24-44(4)34-48(8)38-52(12)42-54(14)40-50(10)36-46(6)26-22-30-58/h43-56H,15-42H2,1-14H3. The predicted molar refractivity (Wildman–Crippen MR) is 280 cm³/mol. The quantitative estimate of drug-likeness (QED) is 0.0346. The van der Waals surface area contributed by atoms with Gasteiger partial charge in [0.1, 0.15) is 0 Å². The third-order valence-electron chi connectivity index (χ3n) is 13.9. The zero-order valence-electron chi connectivity index (χ0n) is 43.9. The third-order valence-corrected chi connectivity index (χ3v) is 15.0. The van der Waals surface area contributed by atoms with Crippen LogP contribution in [-0.4, -0.2) is 36.5 Å². The number of halogens is 2. The van der Waals surface area contributed by atoms with Crippen LogP contribution < -0.4 is 0 Å². The molecule has 14 unspecified atom stereocenters. The Balaban J connectivity index is 4.87. The van der Waals surface area contributed by atoms with Gasteiger partial charge >= 0.3 is 0 Å². The topological polar surface area (TPSA) is 27.7 Å². The molecule has 14 atom stereocenters. The Morgan fingerprint density at radius 2 is 0.525 bits per heavy atom. The summed E-state index contributed by atoms with van der Waals surface area (Å²) in [6, 6.07) is 0. The summed E-state index contributed by atoms with van der Waals surface area (Å²) in [6.07, 6.45) is 29.9. The van der Waals surface area contributed by atoms with Gasteiger partial charge in [-0.3, -0.25) is 0 Å². The van der Waals surface area contributed by atoms with E-state index >= 15 is 0 Å². The summed E-state index contributed by atoms with van der Waals surface area (Å²) in [7, 11) is 0. The molecule has 0 saturated carbocycles. The van der Waals surface area contributed by atoms with Crippen molar-refractivity contribution in [3.63, 3.8) is 0 Å². The summed E-state index contributed by atoms with van der Waals surface area (Å²) in [4.78, 5) is 0. The summed E-state index contributed by atoms with van der Waals surface area (Å²) in [6.45, 7) is 35.9. The van der Waals surface area contributed by atoms with E-state index in [0.717, 1.165) is 146 Å². The third kappa shape index (κ3) is 37.6. The molecule has 3 nitrogen and oxygen atoms in total. The molecule has 0 saturated heterocycles. The highest BCUT2D eigenvalue weighted by Gasteiger charge is 2.22. The first-order valence-electron chi connectivity index (χ1n) is 27.0. The van der Waals surface area contributed by atoms with Crippen molar-refractivity contribution < 1.29 is 14.2 Å². The van der Waals surface area contributed by atoms with Crippen molar-refractivity contribution in [1.82, 2.24) is 0 Å². The van der Waals surface area contributed by atoms with E-state index in [9.17, 15) is 0 Å². The fraction of sp³-hybridized carbons (Fsp3) is 1.00. The second-order valence-corrected chi connectivity index (χ2v) is 24.2. The molecule has 0 aromatic rings. The van der Waals surface area contributed by atoms with Crippen LogP contribution in [0.5, 0.6) is 0 Å². The molecular formula is C56H112Br2O3. The van der Waals surface area contributed by atoms with Gasteiger partial charge in [0.05, 0.1) is 0 Å². The number of ether oxygens (including phenoxy) is 3. The Morgan fingerprint density at radius 3 is 0.754 bits per heavy atom.